The van der Waals surface area contributed by atoms with Gasteiger partial charge in [0.1, 0.15) is 5.75 Å². The second kappa shape index (κ2) is 7.85. The van der Waals surface area contributed by atoms with Gasteiger partial charge in [-0.2, -0.15) is 0 Å². The predicted octanol–water partition coefficient (Wildman–Crippen LogP) is 3.46. The molecule has 2 heterocycles. The molecule has 154 valence electrons. The maximum Gasteiger partial charge on any atom is 0.254 e. The minimum Gasteiger partial charge on any atom is -0.497 e. The Morgan fingerprint density at radius 3 is 2.24 bits per heavy atom. The number of carbonyl (C=O) groups is 1. The number of benzene rings is 2. The van der Waals surface area contributed by atoms with Crippen molar-refractivity contribution < 1.29 is 19.0 Å². The van der Waals surface area contributed by atoms with Crippen molar-refractivity contribution in [3.63, 3.8) is 0 Å². The molecule has 0 radical (unpaired) electrons. The molecule has 0 spiro atoms. The van der Waals surface area contributed by atoms with Crippen molar-refractivity contribution in [2.75, 3.05) is 51.4 Å². The molecule has 0 atom stereocenters. The van der Waals surface area contributed by atoms with Gasteiger partial charge in [-0.05, 0) is 42.5 Å². The average molecular weight is 396 g/mol. The van der Waals surface area contributed by atoms with Crippen LogP contribution < -0.4 is 19.1 Å². The zero-order valence-electron chi connectivity index (χ0n) is 17.3. The molecule has 0 bridgehead atoms. The van der Waals surface area contributed by atoms with Crippen molar-refractivity contribution in [2.24, 2.45) is 5.41 Å². The third-order valence-electron chi connectivity index (χ3n) is 5.43. The van der Waals surface area contributed by atoms with E-state index in [2.05, 4.69) is 30.9 Å². The molecule has 0 saturated carbocycles. The van der Waals surface area contributed by atoms with Crippen molar-refractivity contribution in [2.45, 2.75) is 13.8 Å². The van der Waals surface area contributed by atoms with Gasteiger partial charge in [0.15, 0.2) is 11.5 Å². The van der Waals surface area contributed by atoms with Crippen LogP contribution in [0.5, 0.6) is 17.2 Å². The first kappa shape index (κ1) is 19.4. The van der Waals surface area contributed by atoms with E-state index in [1.165, 1.54) is 0 Å². The molecule has 29 heavy (non-hydrogen) atoms. The quantitative estimate of drug-likeness (QED) is 0.795. The summed E-state index contributed by atoms with van der Waals surface area (Å²) in [6.45, 7) is 8.35. The minimum absolute atomic E-state index is 0.0364. The Bertz CT molecular complexity index is 871. The van der Waals surface area contributed by atoms with E-state index in [1.54, 1.807) is 7.11 Å². The molecule has 0 aliphatic carbocycles. The lowest BCUT2D eigenvalue weighted by atomic mass is 9.97. The van der Waals surface area contributed by atoms with Gasteiger partial charge in [-0.15, -0.1) is 0 Å². The van der Waals surface area contributed by atoms with Crippen LogP contribution in [0.3, 0.4) is 0 Å². The summed E-state index contributed by atoms with van der Waals surface area (Å²) in [5, 5.41) is 0. The lowest BCUT2D eigenvalue weighted by molar-refractivity contribution is 0.0746. The van der Waals surface area contributed by atoms with E-state index >= 15 is 0 Å². The number of methoxy groups -OCH3 is 1. The Labute approximate surface area is 172 Å². The van der Waals surface area contributed by atoms with Crippen molar-refractivity contribution in [1.29, 1.82) is 0 Å². The van der Waals surface area contributed by atoms with Crippen LogP contribution in [0.15, 0.2) is 42.5 Å². The van der Waals surface area contributed by atoms with Crippen LogP contribution in [-0.4, -0.2) is 57.3 Å². The number of piperazine rings is 1. The molecule has 1 saturated heterocycles. The third-order valence-corrected chi connectivity index (χ3v) is 5.43. The molecule has 1 fully saturated rings. The molecule has 6 heteroatoms. The molecular formula is C23H28N2O4. The SMILES string of the molecule is COc1ccc(N2CCN(C(=O)c3ccc4c(c3)OCC(C)(C)CO4)CC2)cc1. The first-order chi connectivity index (χ1) is 13.9. The Kier molecular flexibility index (Phi) is 5.26. The molecule has 0 aromatic heterocycles. The summed E-state index contributed by atoms with van der Waals surface area (Å²) < 4.78 is 17.0. The van der Waals surface area contributed by atoms with Crippen molar-refractivity contribution >= 4 is 11.6 Å². The zero-order chi connectivity index (χ0) is 20.4. The highest BCUT2D eigenvalue weighted by molar-refractivity contribution is 5.95. The zero-order valence-corrected chi connectivity index (χ0v) is 17.3. The van der Waals surface area contributed by atoms with Crippen LogP contribution in [0, 0.1) is 5.41 Å². The summed E-state index contributed by atoms with van der Waals surface area (Å²) in [6, 6.07) is 13.5. The Hall–Kier alpha value is -2.89. The summed E-state index contributed by atoms with van der Waals surface area (Å²) in [7, 11) is 1.67. The molecule has 2 aromatic rings. The molecule has 2 aromatic carbocycles. The second-order valence-corrected chi connectivity index (χ2v) is 8.38. The van der Waals surface area contributed by atoms with Gasteiger partial charge in [-0.25, -0.2) is 0 Å². The first-order valence-electron chi connectivity index (χ1n) is 10.0. The van der Waals surface area contributed by atoms with E-state index in [9.17, 15) is 4.79 Å². The van der Waals surface area contributed by atoms with Crippen molar-refractivity contribution in [3.8, 4) is 17.2 Å². The molecule has 0 N–H and O–H groups in total. The maximum atomic E-state index is 13.0. The van der Waals surface area contributed by atoms with Gasteiger partial charge < -0.3 is 24.0 Å². The van der Waals surface area contributed by atoms with E-state index in [4.69, 9.17) is 14.2 Å². The Morgan fingerprint density at radius 1 is 0.931 bits per heavy atom. The Morgan fingerprint density at radius 2 is 1.59 bits per heavy atom. The van der Waals surface area contributed by atoms with Gasteiger partial charge in [-0.1, -0.05) is 13.8 Å². The maximum absolute atomic E-state index is 13.0. The fourth-order valence-corrected chi connectivity index (χ4v) is 3.60. The topological polar surface area (TPSA) is 51.2 Å². The van der Waals surface area contributed by atoms with Crippen LogP contribution in [0.4, 0.5) is 5.69 Å². The van der Waals surface area contributed by atoms with E-state index in [-0.39, 0.29) is 11.3 Å². The highest BCUT2D eigenvalue weighted by Gasteiger charge is 2.27. The van der Waals surface area contributed by atoms with Crippen LogP contribution >= 0.6 is 0 Å². The fourth-order valence-electron chi connectivity index (χ4n) is 3.60. The van der Waals surface area contributed by atoms with E-state index in [0.29, 0.717) is 43.4 Å². The van der Waals surface area contributed by atoms with Gasteiger partial charge in [0, 0.05) is 42.8 Å². The smallest absolute Gasteiger partial charge is 0.254 e. The number of carbonyl (C=O) groups excluding carboxylic acids is 1. The number of hydrogen-bond donors (Lipinski definition) is 0. The van der Waals surface area contributed by atoms with E-state index < -0.39 is 0 Å². The van der Waals surface area contributed by atoms with Crippen LogP contribution in [0.1, 0.15) is 24.2 Å². The Balaban J connectivity index is 1.40. The standard InChI is InChI=1S/C23H28N2O4/c1-23(2)15-28-20-9-4-17(14-21(20)29-16-23)22(26)25-12-10-24(11-13-25)18-5-7-19(27-3)8-6-18/h4-9,14H,10-13,15-16H2,1-3H3. The number of hydrogen-bond acceptors (Lipinski definition) is 5. The van der Waals surface area contributed by atoms with Crippen molar-refractivity contribution in [1.82, 2.24) is 4.90 Å². The lowest BCUT2D eigenvalue weighted by Crippen LogP contribution is -2.48. The van der Waals surface area contributed by atoms with Crippen molar-refractivity contribution in [3.05, 3.63) is 48.0 Å². The number of fused-ring (bicyclic) bond motifs is 1. The predicted molar refractivity (Wildman–Crippen MR) is 112 cm³/mol. The minimum atomic E-state index is -0.0546. The van der Waals surface area contributed by atoms with Gasteiger partial charge in [0.05, 0.1) is 20.3 Å². The van der Waals surface area contributed by atoms with Crippen LogP contribution in [-0.2, 0) is 0 Å². The third kappa shape index (κ3) is 4.26. The second-order valence-electron chi connectivity index (χ2n) is 8.38. The highest BCUT2D eigenvalue weighted by Crippen LogP contribution is 2.34. The number of amides is 1. The van der Waals surface area contributed by atoms with Crippen LogP contribution in [0.25, 0.3) is 0 Å². The summed E-state index contributed by atoms with van der Waals surface area (Å²) in [6.07, 6.45) is 0. The summed E-state index contributed by atoms with van der Waals surface area (Å²) in [4.78, 5) is 17.2. The lowest BCUT2D eigenvalue weighted by Gasteiger charge is -2.36. The largest absolute Gasteiger partial charge is 0.497 e. The first-order valence-corrected chi connectivity index (χ1v) is 10.0. The average Bonchev–Trinajstić information content (AvgIpc) is 2.91. The summed E-state index contributed by atoms with van der Waals surface area (Å²) in [5.41, 5.74) is 1.74. The van der Waals surface area contributed by atoms with E-state index in [1.807, 2.05) is 35.2 Å². The number of rotatable bonds is 3. The normalized spacial score (nSPS) is 18.2. The molecule has 2 aliphatic heterocycles. The molecular weight excluding hydrogens is 368 g/mol. The van der Waals surface area contributed by atoms with Gasteiger partial charge in [0.2, 0.25) is 0 Å². The number of anilines is 1. The molecule has 4 rings (SSSR count). The summed E-state index contributed by atoms with van der Waals surface area (Å²) in [5.74, 6) is 2.24. The highest BCUT2D eigenvalue weighted by atomic mass is 16.5. The molecule has 2 aliphatic rings. The monoisotopic (exact) mass is 396 g/mol. The fraction of sp³-hybridized carbons (Fsp3) is 0.435. The van der Waals surface area contributed by atoms with E-state index in [0.717, 1.165) is 24.5 Å². The van der Waals surface area contributed by atoms with Gasteiger partial charge >= 0.3 is 0 Å². The number of nitrogens with zero attached hydrogens (tertiary/aromatic N) is 2. The van der Waals surface area contributed by atoms with Gasteiger partial charge in [-0.3, -0.25) is 4.79 Å². The molecule has 0 unspecified atom stereocenters. The van der Waals surface area contributed by atoms with Gasteiger partial charge in [0.25, 0.3) is 5.91 Å². The molecule has 6 nitrogen and oxygen atoms in total. The van der Waals surface area contributed by atoms with Crippen LogP contribution in [0.2, 0.25) is 0 Å². The molecule has 1 amide bonds. The summed E-state index contributed by atoms with van der Waals surface area (Å²) >= 11 is 0. The number of ether oxygens (including phenoxy) is 3.